The van der Waals surface area contributed by atoms with E-state index < -0.39 is 6.10 Å². The Morgan fingerprint density at radius 3 is 1.30 bits per heavy atom. The zero-order valence-corrected chi connectivity index (χ0v) is 29.9. The minimum absolute atomic E-state index is 0.169. The molecular formula is C40H78O4. The van der Waals surface area contributed by atoms with Crippen LogP contribution in [0.3, 0.4) is 0 Å². The number of hydrogen-bond acceptors (Lipinski definition) is 4. The highest BCUT2D eigenvalue weighted by Gasteiger charge is 2.13. The van der Waals surface area contributed by atoms with Crippen LogP contribution in [0, 0.1) is 0 Å². The number of unbranched alkanes of at least 4 members (excludes halogenated alkanes) is 27. The zero-order chi connectivity index (χ0) is 32.0. The zero-order valence-electron chi connectivity index (χ0n) is 29.9. The number of ether oxygens (including phenoxy) is 2. The van der Waals surface area contributed by atoms with Crippen molar-refractivity contribution in [3.8, 4) is 0 Å². The monoisotopic (exact) mass is 623 g/mol. The number of hydrogen-bond donors (Lipinski definition) is 1. The lowest BCUT2D eigenvalue weighted by molar-refractivity contribution is -0.154. The van der Waals surface area contributed by atoms with Crippen molar-refractivity contribution in [2.24, 2.45) is 0 Å². The summed E-state index contributed by atoms with van der Waals surface area (Å²) in [7, 11) is 0. The van der Waals surface area contributed by atoms with Gasteiger partial charge in [-0.3, -0.25) is 4.79 Å². The van der Waals surface area contributed by atoms with E-state index in [0.717, 1.165) is 19.3 Å². The van der Waals surface area contributed by atoms with Gasteiger partial charge in [0.05, 0.1) is 13.2 Å². The SMILES string of the molecule is CCCCCCCCC/C=C\CCCCCCCC(=O)OC(CO)COCCCCCCCCCCCCCCCCCC. The third-order valence-corrected chi connectivity index (χ3v) is 8.84. The molecule has 0 aromatic carbocycles. The molecule has 0 heterocycles. The lowest BCUT2D eigenvalue weighted by Gasteiger charge is -2.15. The first kappa shape index (κ1) is 43.1. The molecule has 0 bridgehead atoms. The van der Waals surface area contributed by atoms with E-state index in [2.05, 4.69) is 26.0 Å². The summed E-state index contributed by atoms with van der Waals surface area (Å²) in [5, 5.41) is 9.57. The highest BCUT2D eigenvalue weighted by atomic mass is 16.6. The number of aliphatic hydroxyl groups is 1. The van der Waals surface area contributed by atoms with Crippen LogP contribution in [0.15, 0.2) is 12.2 Å². The van der Waals surface area contributed by atoms with Gasteiger partial charge in [0.1, 0.15) is 6.10 Å². The van der Waals surface area contributed by atoms with Crippen LogP contribution in [-0.4, -0.2) is 37.0 Å². The average Bonchev–Trinajstić information content (AvgIpc) is 3.03. The molecule has 0 aliphatic rings. The topological polar surface area (TPSA) is 55.8 Å². The predicted molar refractivity (Wildman–Crippen MR) is 191 cm³/mol. The van der Waals surface area contributed by atoms with Gasteiger partial charge in [0, 0.05) is 13.0 Å². The van der Waals surface area contributed by atoms with Crippen LogP contribution in [0.4, 0.5) is 0 Å². The van der Waals surface area contributed by atoms with Crippen molar-refractivity contribution < 1.29 is 19.4 Å². The number of carbonyl (C=O) groups is 1. The first-order valence-corrected chi connectivity index (χ1v) is 19.8. The summed E-state index contributed by atoms with van der Waals surface area (Å²) in [6.45, 7) is 5.37. The Morgan fingerprint density at radius 2 is 0.886 bits per heavy atom. The van der Waals surface area contributed by atoms with E-state index in [1.165, 1.54) is 173 Å². The van der Waals surface area contributed by atoms with Gasteiger partial charge >= 0.3 is 5.97 Å². The maximum Gasteiger partial charge on any atom is 0.306 e. The van der Waals surface area contributed by atoms with Crippen molar-refractivity contribution in [2.75, 3.05) is 19.8 Å². The molecular weight excluding hydrogens is 544 g/mol. The van der Waals surface area contributed by atoms with Crippen LogP contribution >= 0.6 is 0 Å². The van der Waals surface area contributed by atoms with Crippen molar-refractivity contribution in [2.45, 2.75) is 219 Å². The summed E-state index contributed by atoms with van der Waals surface area (Å²) in [6.07, 6.45) is 44.0. The van der Waals surface area contributed by atoms with Gasteiger partial charge in [0.15, 0.2) is 0 Å². The molecule has 1 N–H and O–H groups in total. The fourth-order valence-electron chi connectivity index (χ4n) is 5.85. The summed E-state index contributed by atoms with van der Waals surface area (Å²) in [6, 6.07) is 0. The fraction of sp³-hybridized carbons (Fsp3) is 0.925. The van der Waals surface area contributed by atoms with Crippen LogP contribution in [0.1, 0.15) is 213 Å². The number of rotatable bonds is 37. The molecule has 0 radical (unpaired) electrons. The van der Waals surface area contributed by atoms with Crippen LogP contribution < -0.4 is 0 Å². The Bertz CT molecular complexity index is 576. The molecule has 0 aliphatic heterocycles. The molecule has 0 saturated heterocycles. The van der Waals surface area contributed by atoms with Crippen molar-refractivity contribution in [1.29, 1.82) is 0 Å². The van der Waals surface area contributed by atoms with Crippen molar-refractivity contribution in [3.05, 3.63) is 12.2 Å². The normalized spacial score (nSPS) is 12.3. The van der Waals surface area contributed by atoms with Crippen molar-refractivity contribution in [1.82, 2.24) is 0 Å². The summed E-state index contributed by atoms with van der Waals surface area (Å²) in [5.74, 6) is -0.205. The molecule has 0 amide bonds. The highest BCUT2D eigenvalue weighted by molar-refractivity contribution is 5.69. The second kappa shape index (κ2) is 38.3. The summed E-state index contributed by atoms with van der Waals surface area (Å²) in [5.41, 5.74) is 0. The second-order valence-electron chi connectivity index (χ2n) is 13.4. The summed E-state index contributed by atoms with van der Waals surface area (Å²) in [4.78, 5) is 12.2. The summed E-state index contributed by atoms with van der Waals surface area (Å²) < 4.78 is 11.1. The molecule has 4 heteroatoms. The number of allylic oxidation sites excluding steroid dienone is 2. The molecule has 262 valence electrons. The standard InChI is InChI=1S/C40H78O4/c1-3-5-7-9-11-13-15-17-19-21-23-25-27-29-31-33-35-40(42)44-39(37-41)38-43-36-34-32-30-28-26-24-22-20-18-16-14-12-10-8-6-4-2/h19,21,39,41H,3-18,20,22-38H2,1-2H3/b21-19-. The predicted octanol–water partition coefficient (Wildman–Crippen LogP) is 12.6. The first-order valence-electron chi connectivity index (χ1n) is 19.8. The molecule has 0 fully saturated rings. The van der Waals surface area contributed by atoms with Crippen LogP contribution in [0.5, 0.6) is 0 Å². The smallest absolute Gasteiger partial charge is 0.306 e. The fourth-order valence-corrected chi connectivity index (χ4v) is 5.85. The van der Waals surface area contributed by atoms with E-state index in [9.17, 15) is 9.90 Å². The molecule has 0 aromatic rings. The van der Waals surface area contributed by atoms with Gasteiger partial charge in [-0.25, -0.2) is 0 Å². The van der Waals surface area contributed by atoms with Crippen molar-refractivity contribution in [3.63, 3.8) is 0 Å². The third kappa shape index (κ3) is 35.6. The van der Waals surface area contributed by atoms with Gasteiger partial charge in [-0.05, 0) is 38.5 Å². The van der Waals surface area contributed by atoms with Gasteiger partial charge in [0.25, 0.3) is 0 Å². The van der Waals surface area contributed by atoms with E-state index >= 15 is 0 Å². The van der Waals surface area contributed by atoms with E-state index in [-0.39, 0.29) is 12.6 Å². The minimum atomic E-state index is -0.531. The maximum atomic E-state index is 12.2. The average molecular weight is 623 g/mol. The van der Waals surface area contributed by atoms with E-state index in [0.29, 0.717) is 19.6 Å². The lowest BCUT2D eigenvalue weighted by Crippen LogP contribution is -2.27. The third-order valence-electron chi connectivity index (χ3n) is 8.84. The first-order chi connectivity index (χ1) is 21.7. The van der Waals surface area contributed by atoms with Crippen molar-refractivity contribution >= 4 is 5.97 Å². The largest absolute Gasteiger partial charge is 0.457 e. The minimum Gasteiger partial charge on any atom is -0.457 e. The van der Waals surface area contributed by atoms with Gasteiger partial charge in [0.2, 0.25) is 0 Å². The second-order valence-corrected chi connectivity index (χ2v) is 13.4. The molecule has 0 spiro atoms. The highest BCUT2D eigenvalue weighted by Crippen LogP contribution is 2.14. The Kier molecular flexibility index (Phi) is 37.6. The molecule has 0 saturated carbocycles. The Labute approximate surface area is 275 Å². The van der Waals surface area contributed by atoms with Gasteiger partial charge in [-0.1, -0.05) is 180 Å². The molecule has 4 nitrogen and oxygen atoms in total. The van der Waals surface area contributed by atoms with E-state index in [1.807, 2.05) is 0 Å². The molecule has 44 heavy (non-hydrogen) atoms. The molecule has 1 unspecified atom stereocenters. The molecule has 0 aliphatic carbocycles. The van der Waals surface area contributed by atoms with E-state index in [4.69, 9.17) is 9.47 Å². The van der Waals surface area contributed by atoms with Crippen LogP contribution in [-0.2, 0) is 14.3 Å². The van der Waals surface area contributed by atoms with Gasteiger partial charge in [-0.15, -0.1) is 0 Å². The number of esters is 1. The molecule has 1 atom stereocenters. The molecule has 0 rings (SSSR count). The van der Waals surface area contributed by atoms with Gasteiger partial charge in [-0.2, -0.15) is 0 Å². The number of aliphatic hydroxyl groups excluding tert-OH is 1. The number of carbonyl (C=O) groups excluding carboxylic acids is 1. The lowest BCUT2D eigenvalue weighted by atomic mass is 10.0. The van der Waals surface area contributed by atoms with E-state index in [1.54, 1.807) is 0 Å². The maximum absolute atomic E-state index is 12.2. The van der Waals surface area contributed by atoms with Gasteiger partial charge < -0.3 is 14.6 Å². The quantitative estimate of drug-likeness (QED) is 0.0425. The Hall–Kier alpha value is -0.870. The molecule has 0 aromatic heterocycles. The Balaban J connectivity index is 3.41. The van der Waals surface area contributed by atoms with Crippen LogP contribution in [0.25, 0.3) is 0 Å². The Morgan fingerprint density at radius 1 is 0.523 bits per heavy atom. The summed E-state index contributed by atoms with van der Waals surface area (Å²) >= 11 is 0. The van der Waals surface area contributed by atoms with Crippen LogP contribution in [0.2, 0.25) is 0 Å².